The van der Waals surface area contributed by atoms with Gasteiger partial charge in [-0.25, -0.2) is 4.79 Å². The van der Waals surface area contributed by atoms with Crippen molar-refractivity contribution in [2.45, 2.75) is 58.0 Å². The number of nitrogens with one attached hydrogen (secondary N) is 1. The molecule has 3 rings (SSSR count). The summed E-state index contributed by atoms with van der Waals surface area (Å²) in [7, 11) is 3.25. The monoisotopic (exact) mass is 474 g/mol. The van der Waals surface area contributed by atoms with Gasteiger partial charge in [0, 0.05) is 20.1 Å². The number of hydrogen-bond acceptors (Lipinski definition) is 6. The number of likely N-dealkylation sites (N-methyl/N-ethyl adjacent to an activating group) is 2. The number of rotatable bonds is 11. The predicted molar refractivity (Wildman–Crippen MR) is 129 cm³/mol. The Labute approximate surface area is 202 Å². The number of amides is 4. The minimum Gasteiger partial charge on any atom is -0.493 e. The van der Waals surface area contributed by atoms with Crippen molar-refractivity contribution in [2.75, 3.05) is 46.9 Å². The number of nitrogens with zero attached hydrogens (tertiary/aromatic N) is 3. The molecule has 188 valence electrons. The molecule has 0 unspecified atom stereocenters. The molecule has 2 aliphatic rings. The molecule has 0 atom stereocenters. The highest BCUT2D eigenvalue weighted by Gasteiger charge is 2.55. The van der Waals surface area contributed by atoms with Gasteiger partial charge in [-0.1, -0.05) is 39.2 Å². The van der Waals surface area contributed by atoms with E-state index in [-0.39, 0.29) is 24.9 Å². The molecule has 1 aliphatic carbocycles. The average molecular weight is 475 g/mol. The van der Waals surface area contributed by atoms with E-state index in [4.69, 9.17) is 9.47 Å². The van der Waals surface area contributed by atoms with Crippen LogP contribution in [-0.2, 0) is 16.1 Å². The van der Waals surface area contributed by atoms with Crippen LogP contribution in [0.2, 0.25) is 0 Å². The molecule has 1 spiro atoms. The Morgan fingerprint density at radius 3 is 2.47 bits per heavy atom. The van der Waals surface area contributed by atoms with E-state index in [1.807, 2.05) is 18.2 Å². The molecule has 1 aromatic rings. The quantitative estimate of drug-likeness (QED) is 0.496. The van der Waals surface area contributed by atoms with Crippen LogP contribution in [0.25, 0.3) is 0 Å². The van der Waals surface area contributed by atoms with E-state index < -0.39 is 11.6 Å². The number of hydrogen-bond donors (Lipinski definition) is 1. The molecule has 0 aromatic heterocycles. The van der Waals surface area contributed by atoms with Crippen molar-refractivity contribution in [3.05, 3.63) is 23.8 Å². The Morgan fingerprint density at radius 2 is 1.82 bits per heavy atom. The van der Waals surface area contributed by atoms with Crippen molar-refractivity contribution < 1.29 is 23.9 Å². The first-order valence-corrected chi connectivity index (χ1v) is 12.2. The molecule has 1 saturated carbocycles. The molecule has 1 N–H and O–H groups in total. The van der Waals surface area contributed by atoms with E-state index in [0.29, 0.717) is 30.9 Å². The Bertz CT molecular complexity index is 880. The summed E-state index contributed by atoms with van der Waals surface area (Å²) in [6.07, 6.45) is 4.23. The molecule has 2 fully saturated rings. The van der Waals surface area contributed by atoms with Gasteiger partial charge in [0.1, 0.15) is 18.7 Å². The van der Waals surface area contributed by atoms with Crippen LogP contribution in [0.15, 0.2) is 18.2 Å². The number of imide groups is 1. The number of benzene rings is 1. The molecular formula is C25H38N4O5. The Kier molecular flexibility index (Phi) is 8.77. The molecule has 34 heavy (non-hydrogen) atoms. The van der Waals surface area contributed by atoms with E-state index in [2.05, 4.69) is 24.1 Å². The van der Waals surface area contributed by atoms with Crippen molar-refractivity contribution >= 4 is 17.8 Å². The molecule has 1 aromatic carbocycles. The molecule has 4 amide bonds. The highest BCUT2D eigenvalue weighted by Crippen LogP contribution is 2.39. The first-order chi connectivity index (χ1) is 16.4. The summed E-state index contributed by atoms with van der Waals surface area (Å²) < 4.78 is 11.3. The van der Waals surface area contributed by atoms with Crippen LogP contribution in [0, 0.1) is 0 Å². The van der Waals surface area contributed by atoms with Crippen LogP contribution >= 0.6 is 0 Å². The summed E-state index contributed by atoms with van der Waals surface area (Å²) in [6.45, 7) is 7.56. The molecule has 0 radical (unpaired) electrons. The fraction of sp³-hybridized carbons (Fsp3) is 0.640. The van der Waals surface area contributed by atoms with E-state index >= 15 is 0 Å². The highest BCUT2D eigenvalue weighted by molar-refractivity contribution is 6.08. The number of carbonyl (C=O) groups is 3. The van der Waals surface area contributed by atoms with Crippen LogP contribution in [-0.4, -0.2) is 85.0 Å². The first kappa shape index (κ1) is 25.8. The Hall–Kier alpha value is -2.81. The molecule has 9 nitrogen and oxygen atoms in total. The van der Waals surface area contributed by atoms with E-state index in [1.165, 1.54) is 4.90 Å². The fourth-order valence-corrected chi connectivity index (χ4v) is 4.84. The maximum atomic E-state index is 13.1. The highest BCUT2D eigenvalue weighted by atomic mass is 16.5. The van der Waals surface area contributed by atoms with Gasteiger partial charge in [0.15, 0.2) is 11.5 Å². The number of urea groups is 1. The van der Waals surface area contributed by atoms with Crippen LogP contribution in [0.1, 0.15) is 51.5 Å². The fourth-order valence-electron chi connectivity index (χ4n) is 4.84. The van der Waals surface area contributed by atoms with Crippen LogP contribution in [0.3, 0.4) is 0 Å². The summed E-state index contributed by atoms with van der Waals surface area (Å²) >= 11 is 0. The number of methoxy groups -OCH3 is 1. The summed E-state index contributed by atoms with van der Waals surface area (Å²) in [4.78, 5) is 43.2. The third-order valence-corrected chi connectivity index (χ3v) is 7.06. The average Bonchev–Trinajstić information content (AvgIpc) is 3.02. The van der Waals surface area contributed by atoms with Crippen LogP contribution < -0.4 is 14.8 Å². The third kappa shape index (κ3) is 5.46. The van der Waals surface area contributed by atoms with E-state index in [0.717, 1.165) is 49.4 Å². The lowest BCUT2D eigenvalue weighted by atomic mass is 9.81. The second-order valence-electron chi connectivity index (χ2n) is 8.96. The minimum absolute atomic E-state index is 0.247. The summed E-state index contributed by atoms with van der Waals surface area (Å²) in [6, 6.07) is 5.13. The van der Waals surface area contributed by atoms with Gasteiger partial charge >= 0.3 is 6.03 Å². The number of carbonyl (C=O) groups excluding carboxylic acids is 3. The summed E-state index contributed by atoms with van der Waals surface area (Å²) in [5, 5.41) is 2.81. The van der Waals surface area contributed by atoms with Crippen molar-refractivity contribution in [2.24, 2.45) is 0 Å². The molecule has 9 heteroatoms. The molecule has 1 heterocycles. The van der Waals surface area contributed by atoms with Gasteiger partial charge in [-0.2, -0.15) is 0 Å². The van der Waals surface area contributed by atoms with Gasteiger partial charge in [-0.05, 0) is 43.6 Å². The van der Waals surface area contributed by atoms with Gasteiger partial charge in [-0.15, -0.1) is 0 Å². The lowest BCUT2D eigenvalue weighted by Crippen LogP contribution is -2.49. The predicted octanol–water partition coefficient (Wildman–Crippen LogP) is 2.63. The van der Waals surface area contributed by atoms with Crippen molar-refractivity contribution in [3.8, 4) is 11.5 Å². The van der Waals surface area contributed by atoms with Crippen molar-refractivity contribution in [1.29, 1.82) is 0 Å². The standard InChI is InChI=1S/C25H38N4O5/c1-5-28(6-2)14-15-34-20-11-10-19(16-21(20)33-4)17-26-22(30)18-29-23(31)25(27(3)24(29)32)12-8-7-9-13-25/h10-11,16H,5-9,12-15,17-18H2,1-4H3,(H,26,30). The normalized spacial score (nSPS) is 17.6. The first-order valence-electron chi connectivity index (χ1n) is 12.2. The maximum Gasteiger partial charge on any atom is 0.327 e. The van der Waals surface area contributed by atoms with Crippen molar-refractivity contribution in [3.63, 3.8) is 0 Å². The molecular weight excluding hydrogens is 436 g/mol. The molecule has 0 bridgehead atoms. The van der Waals surface area contributed by atoms with Crippen molar-refractivity contribution in [1.82, 2.24) is 20.0 Å². The van der Waals surface area contributed by atoms with Crippen LogP contribution in [0.4, 0.5) is 4.79 Å². The maximum absolute atomic E-state index is 13.1. The van der Waals surface area contributed by atoms with Gasteiger partial charge < -0.3 is 24.6 Å². The van der Waals surface area contributed by atoms with Gasteiger partial charge in [0.25, 0.3) is 5.91 Å². The SMILES string of the molecule is CCN(CC)CCOc1ccc(CNC(=O)CN2C(=O)N(C)C3(CCCCC3)C2=O)cc1OC. The summed E-state index contributed by atoms with van der Waals surface area (Å²) in [5.41, 5.74) is 0.0608. The Morgan fingerprint density at radius 1 is 1.12 bits per heavy atom. The smallest absolute Gasteiger partial charge is 0.327 e. The topological polar surface area (TPSA) is 91.4 Å². The molecule has 1 saturated heterocycles. The Balaban J connectivity index is 1.54. The molecule has 1 aliphatic heterocycles. The van der Waals surface area contributed by atoms with Crippen LogP contribution in [0.5, 0.6) is 11.5 Å². The lowest BCUT2D eigenvalue weighted by molar-refractivity contribution is -0.137. The van der Waals surface area contributed by atoms with Gasteiger partial charge in [-0.3, -0.25) is 14.5 Å². The largest absolute Gasteiger partial charge is 0.493 e. The van der Waals surface area contributed by atoms with E-state index in [1.54, 1.807) is 14.2 Å². The zero-order valence-corrected chi connectivity index (χ0v) is 20.9. The second-order valence-corrected chi connectivity index (χ2v) is 8.96. The summed E-state index contributed by atoms with van der Waals surface area (Å²) in [5.74, 6) is 0.625. The zero-order chi connectivity index (χ0) is 24.7. The van der Waals surface area contributed by atoms with E-state index in [9.17, 15) is 14.4 Å². The minimum atomic E-state index is -0.774. The second kappa shape index (κ2) is 11.6. The van der Waals surface area contributed by atoms with Gasteiger partial charge in [0.2, 0.25) is 5.91 Å². The number of ether oxygens (including phenoxy) is 2. The lowest BCUT2D eigenvalue weighted by Gasteiger charge is -2.35. The zero-order valence-electron chi connectivity index (χ0n) is 20.9. The third-order valence-electron chi connectivity index (χ3n) is 7.06. The van der Waals surface area contributed by atoms with Gasteiger partial charge in [0.05, 0.1) is 7.11 Å².